The summed E-state index contributed by atoms with van der Waals surface area (Å²) < 4.78 is 13.8. The number of hydrogen-bond acceptors (Lipinski definition) is 2. The van der Waals surface area contributed by atoms with Gasteiger partial charge in [0.05, 0.1) is 17.3 Å². The summed E-state index contributed by atoms with van der Waals surface area (Å²) >= 11 is 0. The third kappa shape index (κ3) is 2.97. The summed E-state index contributed by atoms with van der Waals surface area (Å²) in [6, 6.07) is 6.72. The summed E-state index contributed by atoms with van der Waals surface area (Å²) in [4.78, 5) is 1.91. The van der Waals surface area contributed by atoms with Crippen molar-refractivity contribution in [2.24, 2.45) is 5.41 Å². The molecule has 92 valence electrons. The molecule has 1 aromatic rings. The summed E-state index contributed by atoms with van der Waals surface area (Å²) in [6.07, 6.45) is 0. The Morgan fingerprint density at radius 2 is 1.94 bits per heavy atom. The number of anilines is 1. The van der Waals surface area contributed by atoms with Gasteiger partial charge in [0.25, 0.3) is 0 Å². The monoisotopic (exact) mass is 234 g/mol. The normalized spacial score (nSPS) is 13.0. The van der Waals surface area contributed by atoms with Crippen LogP contribution >= 0.6 is 0 Å². The maximum Gasteiger partial charge on any atom is 0.147 e. The van der Waals surface area contributed by atoms with Gasteiger partial charge in [-0.2, -0.15) is 5.26 Å². The summed E-state index contributed by atoms with van der Waals surface area (Å²) in [5.74, 6) is -0.345. The second-order valence-electron chi connectivity index (χ2n) is 5.43. The average molecular weight is 234 g/mol. The molecule has 1 unspecified atom stereocenters. The first kappa shape index (κ1) is 13.5. The van der Waals surface area contributed by atoms with Crippen LogP contribution in [-0.2, 0) is 0 Å². The SMILES string of the molecule is CC(N(C)c1ccc(C#N)cc1F)C(C)(C)C. The highest BCUT2D eigenvalue weighted by Gasteiger charge is 2.25. The lowest BCUT2D eigenvalue weighted by Gasteiger charge is -2.37. The molecular weight excluding hydrogens is 215 g/mol. The maximum absolute atomic E-state index is 13.8. The molecule has 1 atom stereocenters. The molecule has 0 aliphatic carbocycles. The molecule has 2 nitrogen and oxygen atoms in total. The molecule has 0 aliphatic heterocycles. The van der Waals surface area contributed by atoms with E-state index in [1.165, 1.54) is 6.07 Å². The molecule has 3 heteroatoms. The van der Waals surface area contributed by atoms with Crippen molar-refractivity contribution >= 4 is 5.69 Å². The zero-order valence-corrected chi connectivity index (χ0v) is 11.1. The van der Waals surface area contributed by atoms with Gasteiger partial charge in [0.15, 0.2) is 0 Å². The van der Waals surface area contributed by atoms with Gasteiger partial charge in [-0.05, 0) is 30.5 Å². The van der Waals surface area contributed by atoms with Crippen LogP contribution in [0.3, 0.4) is 0 Å². The molecule has 0 saturated heterocycles. The zero-order chi connectivity index (χ0) is 13.2. The Balaban J connectivity index is 3.06. The Labute approximate surface area is 103 Å². The van der Waals surface area contributed by atoms with Crippen LogP contribution in [-0.4, -0.2) is 13.1 Å². The maximum atomic E-state index is 13.8. The lowest BCUT2D eigenvalue weighted by molar-refractivity contribution is 0.328. The van der Waals surface area contributed by atoms with E-state index in [1.807, 2.05) is 18.0 Å². The Bertz CT molecular complexity index is 441. The van der Waals surface area contributed by atoms with Crippen LogP contribution in [0.15, 0.2) is 18.2 Å². The van der Waals surface area contributed by atoms with E-state index in [1.54, 1.807) is 12.1 Å². The van der Waals surface area contributed by atoms with E-state index in [-0.39, 0.29) is 17.3 Å². The first-order chi connectivity index (χ1) is 7.77. The molecule has 0 amide bonds. The Hall–Kier alpha value is -1.56. The van der Waals surface area contributed by atoms with Crippen LogP contribution in [0.5, 0.6) is 0 Å². The molecule has 1 rings (SSSR count). The van der Waals surface area contributed by atoms with E-state index < -0.39 is 0 Å². The van der Waals surface area contributed by atoms with E-state index in [2.05, 4.69) is 27.7 Å². The average Bonchev–Trinajstić information content (AvgIpc) is 2.25. The summed E-state index contributed by atoms with van der Waals surface area (Å²) in [7, 11) is 1.88. The van der Waals surface area contributed by atoms with Gasteiger partial charge in [-0.25, -0.2) is 4.39 Å². The lowest BCUT2D eigenvalue weighted by atomic mass is 9.87. The van der Waals surface area contributed by atoms with Crippen molar-refractivity contribution < 1.29 is 4.39 Å². The molecular formula is C14H19FN2. The van der Waals surface area contributed by atoms with Crippen LogP contribution < -0.4 is 4.90 Å². The van der Waals surface area contributed by atoms with E-state index in [0.717, 1.165) is 0 Å². The molecule has 0 N–H and O–H groups in total. The highest BCUT2D eigenvalue weighted by molar-refractivity contribution is 5.51. The second-order valence-corrected chi connectivity index (χ2v) is 5.43. The van der Waals surface area contributed by atoms with Crippen molar-refractivity contribution in [3.8, 4) is 6.07 Å². The first-order valence-corrected chi connectivity index (χ1v) is 5.70. The fraction of sp³-hybridized carbons (Fsp3) is 0.500. The minimum atomic E-state index is -0.345. The standard InChI is InChI=1S/C14H19FN2/c1-10(14(2,3)4)17(5)13-7-6-11(9-16)8-12(13)15/h6-8,10H,1-5H3. The molecule has 0 heterocycles. The van der Waals surface area contributed by atoms with Gasteiger partial charge in [-0.3, -0.25) is 0 Å². The number of hydrogen-bond donors (Lipinski definition) is 0. The van der Waals surface area contributed by atoms with Gasteiger partial charge >= 0.3 is 0 Å². The first-order valence-electron chi connectivity index (χ1n) is 5.70. The topological polar surface area (TPSA) is 27.0 Å². The smallest absolute Gasteiger partial charge is 0.147 e. The van der Waals surface area contributed by atoms with Gasteiger partial charge in [-0.15, -0.1) is 0 Å². The largest absolute Gasteiger partial charge is 0.369 e. The van der Waals surface area contributed by atoms with Crippen molar-refractivity contribution in [3.63, 3.8) is 0 Å². The second kappa shape index (κ2) is 4.75. The molecule has 17 heavy (non-hydrogen) atoms. The van der Waals surface area contributed by atoms with Crippen molar-refractivity contribution in [3.05, 3.63) is 29.6 Å². The van der Waals surface area contributed by atoms with Gasteiger partial charge in [-0.1, -0.05) is 20.8 Å². The lowest BCUT2D eigenvalue weighted by Crippen LogP contribution is -2.39. The third-order valence-corrected chi connectivity index (χ3v) is 3.29. The van der Waals surface area contributed by atoms with Gasteiger partial charge < -0.3 is 4.90 Å². The predicted octanol–water partition coefficient (Wildman–Crippen LogP) is 3.57. The summed E-state index contributed by atoms with van der Waals surface area (Å²) in [5, 5.41) is 8.70. The number of benzene rings is 1. The molecule has 0 aromatic heterocycles. The van der Waals surface area contributed by atoms with Crippen LogP contribution in [0.25, 0.3) is 0 Å². The quantitative estimate of drug-likeness (QED) is 0.782. The van der Waals surface area contributed by atoms with Gasteiger partial charge in [0.2, 0.25) is 0 Å². The minimum Gasteiger partial charge on any atom is -0.369 e. The van der Waals surface area contributed by atoms with Crippen molar-refractivity contribution in [1.82, 2.24) is 0 Å². The van der Waals surface area contributed by atoms with E-state index in [4.69, 9.17) is 5.26 Å². The molecule has 0 aliphatic rings. The fourth-order valence-corrected chi connectivity index (χ4v) is 1.65. The molecule has 0 bridgehead atoms. The molecule has 0 radical (unpaired) electrons. The minimum absolute atomic E-state index is 0.0646. The van der Waals surface area contributed by atoms with E-state index in [0.29, 0.717) is 11.3 Å². The van der Waals surface area contributed by atoms with Crippen LogP contribution in [0.1, 0.15) is 33.3 Å². The predicted molar refractivity (Wildman–Crippen MR) is 68.4 cm³/mol. The molecule has 1 aromatic carbocycles. The van der Waals surface area contributed by atoms with Crippen LogP contribution in [0.2, 0.25) is 0 Å². The van der Waals surface area contributed by atoms with Crippen LogP contribution in [0, 0.1) is 22.6 Å². The summed E-state index contributed by atoms with van der Waals surface area (Å²) in [5.41, 5.74) is 0.948. The number of halogens is 1. The van der Waals surface area contributed by atoms with Gasteiger partial charge in [0.1, 0.15) is 5.82 Å². The number of nitrogens with zero attached hydrogens (tertiary/aromatic N) is 2. The molecule has 0 fully saturated rings. The zero-order valence-electron chi connectivity index (χ0n) is 11.1. The van der Waals surface area contributed by atoms with Crippen molar-refractivity contribution in [1.29, 1.82) is 5.26 Å². The number of nitriles is 1. The number of rotatable bonds is 2. The summed E-state index contributed by atoms with van der Waals surface area (Å²) in [6.45, 7) is 8.43. The highest BCUT2D eigenvalue weighted by Crippen LogP contribution is 2.29. The Morgan fingerprint density at radius 3 is 2.35 bits per heavy atom. The van der Waals surface area contributed by atoms with Crippen LogP contribution in [0.4, 0.5) is 10.1 Å². The fourth-order valence-electron chi connectivity index (χ4n) is 1.65. The van der Waals surface area contributed by atoms with E-state index >= 15 is 0 Å². The van der Waals surface area contributed by atoms with Crippen molar-refractivity contribution in [2.45, 2.75) is 33.7 Å². The highest BCUT2D eigenvalue weighted by atomic mass is 19.1. The van der Waals surface area contributed by atoms with Gasteiger partial charge in [0, 0.05) is 13.1 Å². The van der Waals surface area contributed by atoms with E-state index in [9.17, 15) is 4.39 Å². The van der Waals surface area contributed by atoms with Crippen molar-refractivity contribution in [2.75, 3.05) is 11.9 Å². The molecule has 0 saturated carbocycles. The Kier molecular flexibility index (Phi) is 3.77. The third-order valence-electron chi connectivity index (χ3n) is 3.29. The molecule has 0 spiro atoms. The Morgan fingerprint density at radius 1 is 1.35 bits per heavy atom.